The average molecular weight is 253 g/mol. The summed E-state index contributed by atoms with van der Waals surface area (Å²) in [5.74, 6) is 0.437. The molecule has 2 saturated carbocycles. The van der Waals surface area contributed by atoms with Crippen LogP contribution >= 0.6 is 0 Å². The fourth-order valence-electron chi connectivity index (χ4n) is 3.01. The van der Waals surface area contributed by atoms with E-state index in [0.29, 0.717) is 24.2 Å². The maximum Gasteiger partial charge on any atom is 0.233 e. The molecule has 0 aromatic rings. The van der Waals surface area contributed by atoms with Crippen LogP contribution in [0.2, 0.25) is 0 Å². The molecule has 0 aromatic carbocycles. The lowest BCUT2D eigenvalue weighted by molar-refractivity contribution is -0.133. The van der Waals surface area contributed by atoms with Crippen molar-refractivity contribution in [1.82, 2.24) is 5.32 Å². The zero-order valence-electron chi connectivity index (χ0n) is 11.2. The summed E-state index contributed by atoms with van der Waals surface area (Å²) in [5.41, 5.74) is 5.25. The second-order valence-corrected chi connectivity index (χ2v) is 6.12. The van der Waals surface area contributed by atoms with Gasteiger partial charge in [0.1, 0.15) is 5.41 Å². The van der Waals surface area contributed by atoms with E-state index in [9.17, 15) is 4.79 Å². The van der Waals surface area contributed by atoms with Crippen molar-refractivity contribution in [3.05, 3.63) is 0 Å². The number of nitrogens with zero attached hydrogens (tertiary/aromatic N) is 1. The van der Waals surface area contributed by atoms with Crippen LogP contribution in [-0.4, -0.2) is 23.5 Å². The number of rotatable bonds is 5. The molecule has 2 aliphatic carbocycles. The predicted molar refractivity (Wildman–Crippen MR) is 69.2 cm³/mol. The Hall–Kier alpha value is -1.26. The maximum atomic E-state index is 12.3. The lowest BCUT2D eigenvalue weighted by atomic mass is 9.61. The van der Waals surface area contributed by atoms with Crippen LogP contribution in [0.25, 0.3) is 0 Å². The highest BCUT2D eigenvalue weighted by atomic mass is 16.4. The van der Waals surface area contributed by atoms with Crippen molar-refractivity contribution < 1.29 is 10.0 Å². The Bertz CT molecular complexity index is 368. The van der Waals surface area contributed by atoms with Gasteiger partial charge in [0.05, 0.1) is 0 Å². The quantitative estimate of drug-likeness (QED) is 0.300. The van der Waals surface area contributed by atoms with Crippen LogP contribution in [0.15, 0.2) is 5.16 Å². The number of hydrogen-bond acceptors (Lipinski definition) is 3. The standard InChI is InChI=1S/C13H23N3O2/c1-3-12(4-5-12)8-15-11(17)13(10(14)16-18)6-9(2)7-13/h9,18H,3-8H2,1-2H3,(H2,14,16)(H,15,17). The Kier molecular flexibility index (Phi) is 3.25. The van der Waals surface area contributed by atoms with Gasteiger partial charge in [-0.15, -0.1) is 0 Å². The van der Waals surface area contributed by atoms with Gasteiger partial charge in [0.2, 0.25) is 5.91 Å². The Balaban J connectivity index is 1.97. The Morgan fingerprint density at radius 1 is 1.50 bits per heavy atom. The van der Waals surface area contributed by atoms with Crippen molar-refractivity contribution in [2.45, 2.75) is 46.0 Å². The zero-order valence-corrected chi connectivity index (χ0v) is 11.2. The highest BCUT2D eigenvalue weighted by molar-refractivity contribution is 6.07. The molecule has 2 aliphatic rings. The predicted octanol–water partition coefficient (Wildman–Crippen LogP) is 1.46. The lowest BCUT2D eigenvalue weighted by Crippen LogP contribution is -2.57. The van der Waals surface area contributed by atoms with E-state index in [0.717, 1.165) is 13.0 Å². The summed E-state index contributed by atoms with van der Waals surface area (Å²) in [4.78, 5) is 12.3. The fourth-order valence-corrected chi connectivity index (χ4v) is 3.01. The van der Waals surface area contributed by atoms with Crippen LogP contribution in [0.1, 0.15) is 46.0 Å². The lowest BCUT2D eigenvalue weighted by Gasteiger charge is -2.43. The van der Waals surface area contributed by atoms with Crippen molar-refractivity contribution in [3.8, 4) is 0 Å². The highest BCUT2D eigenvalue weighted by Crippen LogP contribution is 2.49. The van der Waals surface area contributed by atoms with Crippen LogP contribution in [0, 0.1) is 16.7 Å². The summed E-state index contributed by atoms with van der Waals surface area (Å²) in [6.07, 6.45) is 4.83. The molecule has 0 radical (unpaired) electrons. The van der Waals surface area contributed by atoms with Gasteiger partial charge in [-0.2, -0.15) is 0 Å². The number of amidine groups is 1. The number of hydrogen-bond donors (Lipinski definition) is 3. The monoisotopic (exact) mass is 253 g/mol. The number of oxime groups is 1. The van der Waals surface area contributed by atoms with Crippen LogP contribution in [0.3, 0.4) is 0 Å². The summed E-state index contributed by atoms with van der Waals surface area (Å²) in [6.45, 7) is 4.95. The Morgan fingerprint density at radius 2 is 2.11 bits per heavy atom. The molecule has 0 aliphatic heterocycles. The molecular formula is C13H23N3O2. The molecule has 18 heavy (non-hydrogen) atoms. The minimum Gasteiger partial charge on any atom is -0.409 e. The molecule has 4 N–H and O–H groups in total. The van der Waals surface area contributed by atoms with Crippen molar-refractivity contribution in [1.29, 1.82) is 0 Å². The number of nitrogens with two attached hydrogens (primary N) is 1. The minimum atomic E-state index is -0.766. The van der Waals surface area contributed by atoms with Crippen LogP contribution in [0.4, 0.5) is 0 Å². The highest BCUT2D eigenvalue weighted by Gasteiger charge is 2.53. The SMILES string of the molecule is CCC1(CNC(=O)C2(C(N)=NO)CC(C)C2)CC1. The molecule has 102 valence electrons. The summed E-state index contributed by atoms with van der Waals surface area (Å²) in [7, 11) is 0. The molecule has 5 nitrogen and oxygen atoms in total. The molecular weight excluding hydrogens is 230 g/mol. The van der Waals surface area contributed by atoms with E-state index in [1.54, 1.807) is 0 Å². The third-order valence-electron chi connectivity index (χ3n) is 4.76. The summed E-state index contributed by atoms with van der Waals surface area (Å²) in [6, 6.07) is 0. The third kappa shape index (κ3) is 2.06. The summed E-state index contributed by atoms with van der Waals surface area (Å²) >= 11 is 0. The van der Waals surface area contributed by atoms with Gasteiger partial charge in [0, 0.05) is 6.54 Å². The van der Waals surface area contributed by atoms with Crippen LogP contribution < -0.4 is 11.1 Å². The topological polar surface area (TPSA) is 87.7 Å². The van der Waals surface area contributed by atoms with E-state index in [2.05, 4.69) is 24.3 Å². The van der Waals surface area contributed by atoms with Gasteiger partial charge in [-0.05, 0) is 43.4 Å². The molecule has 0 heterocycles. The van der Waals surface area contributed by atoms with Gasteiger partial charge >= 0.3 is 0 Å². The molecule has 0 saturated heterocycles. The van der Waals surface area contributed by atoms with Gasteiger partial charge in [0.15, 0.2) is 5.84 Å². The summed E-state index contributed by atoms with van der Waals surface area (Å²) < 4.78 is 0. The van der Waals surface area contributed by atoms with Crippen LogP contribution in [-0.2, 0) is 4.79 Å². The van der Waals surface area contributed by atoms with Gasteiger partial charge in [-0.3, -0.25) is 4.79 Å². The largest absolute Gasteiger partial charge is 0.409 e. The number of nitrogens with one attached hydrogen (secondary N) is 1. The normalized spacial score (nSPS) is 33.7. The first-order chi connectivity index (χ1) is 8.48. The van der Waals surface area contributed by atoms with Gasteiger partial charge < -0.3 is 16.3 Å². The van der Waals surface area contributed by atoms with E-state index in [4.69, 9.17) is 10.9 Å². The molecule has 1 amide bonds. The van der Waals surface area contributed by atoms with Crippen molar-refractivity contribution in [2.75, 3.05) is 6.54 Å². The van der Waals surface area contributed by atoms with Gasteiger partial charge in [-0.1, -0.05) is 19.0 Å². The van der Waals surface area contributed by atoms with E-state index in [1.165, 1.54) is 12.8 Å². The maximum absolute atomic E-state index is 12.3. The van der Waals surface area contributed by atoms with E-state index in [1.807, 2.05) is 0 Å². The second kappa shape index (κ2) is 4.44. The average Bonchev–Trinajstić information content (AvgIpc) is 3.11. The molecule has 0 aromatic heterocycles. The van der Waals surface area contributed by atoms with Crippen molar-refractivity contribution >= 4 is 11.7 Å². The molecule has 2 fully saturated rings. The first-order valence-electron chi connectivity index (χ1n) is 6.74. The van der Waals surface area contributed by atoms with Gasteiger partial charge in [0.25, 0.3) is 0 Å². The summed E-state index contributed by atoms with van der Waals surface area (Å²) in [5, 5.41) is 14.9. The fraction of sp³-hybridized carbons (Fsp3) is 0.846. The minimum absolute atomic E-state index is 0.0550. The smallest absolute Gasteiger partial charge is 0.233 e. The van der Waals surface area contributed by atoms with Crippen molar-refractivity contribution in [2.24, 2.45) is 27.6 Å². The van der Waals surface area contributed by atoms with Crippen LogP contribution in [0.5, 0.6) is 0 Å². The molecule has 0 bridgehead atoms. The molecule has 5 heteroatoms. The van der Waals surface area contributed by atoms with E-state index in [-0.39, 0.29) is 11.7 Å². The van der Waals surface area contributed by atoms with E-state index >= 15 is 0 Å². The first-order valence-corrected chi connectivity index (χ1v) is 6.74. The Labute approximate surface area is 108 Å². The first kappa shape index (κ1) is 13.2. The number of carbonyl (C=O) groups is 1. The third-order valence-corrected chi connectivity index (χ3v) is 4.76. The van der Waals surface area contributed by atoms with E-state index < -0.39 is 5.41 Å². The molecule has 0 atom stereocenters. The molecule has 0 unspecified atom stereocenters. The van der Waals surface area contributed by atoms with Crippen molar-refractivity contribution in [3.63, 3.8) is 0 Å². The molecule has 0 spiro atoms. The number of amides is 1. The Morgan fingerprint density at radius 3 is 2.50 bits per heavy atom. The zero-order chi connectivity index (χ0) is 13.4. The number of carbonyl (C=O) groups excluding carboxylic acids is 1. The second-order valence-electron chi connectivity index (χ2n) is 6.12. The van der Waals surface area contributed by atoms with Gasteiger partial charge in [-0.25, -0.2) is 0 Å². The molecule has 2 rings (SSSR count).